The molecule has 0 spiro atoms. The van der Waals surface area contributed by atoms with Gasteiger partial charge in [0.05, 0.1) is 17.1 Å². The molecule has 0 bridgehead atoms. The first-order chi connectivity index (χ1) is 11.8. The number of rotatable bonds is 10. The minimum atomic E-state index is -3.69. The fourth-order valence-corrected chi connectivity index (χ4v) is 2.99. The summed E-state index contributed by atoms with van der Waals surface area (Å²) in [6.07, 6.45) is -0.362. The summed E-state index contributed by atoms with van der Waals surface area (Å²) in [5.41, 5.74) is 0.0518. The maximum Gasteiger partial charge on any atom is 0.338 e. The predicted octanol–water partition coefficient (Wildman–Crippen LogP) is 0.683. The molecular weight excluding hydrogens is 348 g/mol. The van der Waals surface area contributed by atoms with Crippen LogP contribution in [0.25, 0.3) is 0 Å². The van der Waals surface area contributed by atoms with Crippen LogP contribution in [0.15, 0.2) is 29.2 Å². The molecule has 9 heteroatoms. The fourth-order valence-electron chi connectivity index (χ4n) is 1.81. The number of sulfonamides is 1. The molecule has 1 aromatic rings. The van der Waals surface area contributed by atoms with Crippen LogP contribution >= 0.6 is 0 Å². The summed E-state index contributed by atoms with van der Waals surface area (Å²) in [5, 5.41) is 2.55. The highest BCUT2D eigenvalue weighted by atomic mass is 32.2. The second-order valence-corrected chi connectivity index (χ2v) is 7.02. The smallest absolute Gasteiger partial charge is 0.338 e. The second kappa shape index (κ2) is 10.1. The molecule has 0 aliphatic heterocycles. The van der Waals surface area contributed by atoms with Gasteiger partial charge in [0.15, 0.2) is 6.10 Å². The van der Waals surface area contributed by atoms with Crippen LogP contribution in [-0.2, 0) is 24.3 Å². The predicted molar refractivity (Wildman–Crippen MR) is 91.7 cm³/mol. The number of benzene rings is 1. The molecule has 1 rings (SSSR count). The van der Waals surface area contributed by atoms with E-state index in [1.54, 1.807) is 0 Å². The van der Waals surface area contributed by atoms with E-state index in [1.807, 2.05) is 6.92 Å². The Morgan fingerprint density at radius 1 is 1.24 bits per heavy atom. The lowest BCUT2D eigenvalue weighted by molar-refractivity contribution is -0.129. The van der Waals surface area contributed by atoms with Crippen LogP contribution in [0, 0.1) is 0 Å². The van der Waals surface area contributed by atoms with Crippen molar-refractivity contribution in [2.75, 3.05) is 26.8 Å². The van der Waals surface area contributed by atoms with Crippen LogP contribution in [0.3, 0.4) is 0 Å². The van der Waals surface area contributed by atoms with Crippen LogP contribution in [0.2, 0.25) is 0 Å². The molecule has 2 N–H and O–H groups in total. The highest BCUT2D eigenvalue weighted by Gasteiger charge is 2.20. The summed E-state index contributed by atoms with van der Waals surface area (Å²) in [7, 11) is -2.18. The van der Waals surface area contributed by atoms with Gasteiger partial charge in [0.25, 0.3) is 5.91 Å². The zero-order valence-corrected chi connectivity index (χ0v) is 15.4. The minimum Gasteiger partial charge on any atom is -0.449 e. The van der Waals surface area contributed by atoms with Gasteiger partial charge in [0.2, 0.25) is 10.0 Å². The summed E-state index contributed by atoms with van der Waals surface area (Å²) in [5.74, 6) is -1.24. The molecule has 25 heavy (non-hydrogen) atoms. The molecule has 0 heterocycles. The van der Waals surface area contributed by atoms with E-state index < -0.39 is 28.0 Å². The molecule has 0 aliphatic rings. The van der Waals surface area contributed by atoms with E-state index in [0.29, 0.717) is 26.1 Å². The first kappa shape index (κ1) is 21.1. The summed E-state index contributed by atoms with van der Waals surface area (Å²) in [6.45, 7) is 4.22. The maximum absolute atomic E-state index is 12.1. The Morgan fingerprint density at radius 3 is 2.60 bits per heavy atom. The Hall–Kier alpha value is -1.97. The summed E-state index contributed by atoms with van der Waals surface area (Å²) in [6, 6.07) is 5.47. The van der Waals surface area contributed by atoms with Gasteiger partial charge in [-0.1, -0.05) is 13.0 Å². The van der Waals surface area contributed by atoms with Crippen LogP contribution < -0.4 is 10.0 Å². The summed E-state index contributed by atoms with van der Waals surface area (Å²) >= 11 is 0. The monoisotopic (exact) mass is 372 g/mol. The van der Waals surface area contributed by atoms with Gasteiger partial charge >= 0.3 is 5.97 Å². The molecule has 0 aromatic heterocycles. The normalized spacial score (nSPS) is 12.4. The summed E-state index contributed by atoms with van der Waals surface area (Å²) in [4.78, 5) is 23.9. The van der Waals surface area contributed by atoms with Gasteiger partial charge in [-0.05, 0) is 31.5 Å². The second-order valence-electron chi connectivity index (χ2n) is 5.26. The van der Waals surface area contributed by atoms with E-state index in [0.717, 1.165) is 0 Å². The Bertz CT molecular complexity index is 690. The zero-order valence-electron chi connectivity index (χ0n) is 14.6. The van der Waals surface area contributed by atoms with Gasteiger partial charge in [0.1, 0.15) is 0 Å². The Labute approximate surface area is 147 Å². The molecule has 0 saturated carbocycles. The van der Waals surface area contributed by atoms with Crippen molar-refractivity contribution >= 4 is 21.9 Å². The van der Waals surface area contributed by atoms with Crippen LogP contribution in [-0.4, -0.2) is 53.2 Å². The van der Waals surface area contributed by atoms with Crippen molar-refractivity contribution in [2.24, 2.45) is 0 Å². The van der Waals surface area contributed by atoms with Crippen molar-refractivity contribution in [3.8, 4) is 0 Å². The average Bonchev–Trinajstić information content (AvgIpc) is 2.60. The highest BCUT2D eigenvalue weighted by Crippen LogP contribution is 2.13. The first-order valence-corrected chi connectivity index (χ1v) is 9.37. The van der Waals surface area contributed by atoms with E-state index in [-0.39, 0.29) is 10.5 Å². The number of methoxy groups -OCH3 is 1. The van der Waals surface area contributed by atoms with E-state index in [4.69, 9.17) is 9.47 Å². The Balaban J connectivity index is 2.76. The van der Waals surface area contributed by atoms with Crippen LogP contribution in [0.1, 0.15) is 30.6 Å². The topological polar surface area (TPSA) is 111 Å². The van der Waals surface area contributed by atoms with Gasteiger partial charge in [-0.25, -0.2) is 17.9 Å². The van der Waals surface area contributed by atoms with Gasteiger partial charge in [0, 0.05) is 20.2 Å². The molecule has 1 aromatic carbocycles. The third-order valence-electron chi connectivity index (χ3n) is 3.18. The molecule has 8 nitrogen and oxygen atoms in total. The quantitative estimate of drug-likeness (QED) is 0.462. The van der Waals surface area contributed by atoms with E-state index in [2.05, 4.69) is 10.0 Å². The molecule has 0 saturated heterocycles. The number of hydrogen-bond acceptors (Lipinski definition) is 6. The highest BCUT2D eigenvalue weighted by molar-refractivity contribution is 7.89. The van der Waals surface area contributed by atoms with Gasteiger partial charge < -0.3 is 14.8 Å². The number of amides is 1. The maximum atomic E-state index is 12.1. The third-order valence-corrected chi connectivity index (χ3v) is 4.64. The van der Waals surface area contributed by atoms with Crippen LogP contribution in [0.5, 0.6) is 0 Å². The lowest BCUT2D eigenvalue weighted by Crippen LogP contribution is -2.37. The standard InChI is InChI=1S/C16H24N2O6S/c1-4-8-18-25(21,22)14-7-5-6-13(11-14)16(20)24-12(2)15(19)17-9-10-23-3/h5-7,11-12,18H,4,8-10H2,1-3H3,(H,17,19)/t12-/m0/s1. The third kappa shape index (κ3) is 6.81. The average molecular weight is 372 g/mol. The van der Waals surface area contributed by atoms with E-state index in [9.17, 15) is 18.0 Å². The van der Waals surface area contributed by atoms with E-state index in [1.165, 1.54) is 38.3 Å². The molecule has 1 amide bonds. The van der Waals surface area contributed by atoms with Crippen molar-refractivity contribution in [2.45, 2.75) is 31.3 Å². The van der Waals surface area contributed by atoms with Gasteiger partial charge in [-0.2, -0.15) is 0 Å². The van der Waals surface area contributed by atoms with Gasteiger partial charge in [-0.15, -0.1) is 0 Å². The number of nitrogens with one attached hydrogen (secondary N) is 2. The van der Waals surface area contributed by atoms with Crippen molar-refractivity contribution < 1.29 is 27.5 Å². The zero-order chi connectivity index (χ0) is 18.9. The molecule has 1 atom stereocenters. The minimum absolute atomic E-state index is 0.0346. The SMILES string of the molecule is CCCNS(=O)(=O)c1cccc(C(=O)O[C@@H](C)C(=O)NCCOC)c1. The van der Waals surface area contributed by atoms with Crippen molar-refractivity contribution in [3.05, 3.63) is 29.8 Å². The molecule has 0 radical (unpaired) electrons. The lowest BCUT2D eigenvalue weighted by Gasteiger charge is -2.14. The van der Waals surface area contributed by atoms with Crippen molar-refractivity contribution in [1.82, 2.24) is 10.0 Å². The summed E-state index contributed by atoms with van der Waals surface area (Å²) < 4.78 is 36.5. The van der Waals surface area contributed by atoms with E-state index >= 15 is 0 Å². The molecule has 0 fully saturated rings. The Kier molecular flexibility index (Phi) is 8.53. The fraction of sp³-hybridized carbons (Fsp3) is 0.500. The number of carbonyl (C=O) groups is 2. The lowest BCUT2D eigenvalue weighted by atomic mass is 10.2. The number of carbonyl (C=O) groups excluding carboxylic acids is 2. The molecule has 140 valence electrons. The van der Waals surface area contributed by atoms with Crippen molar-refractivity contribution in [1.29, 1.82) is 0 Å². The number of hydrogen-bond donors (Lipinski definition) is 2. The number of esters is 1. The Morgan fingerprint density at radius 2 is 1.96 bits per heavy atom. The largest absolute Gasteiger partial charge is 0.449 e. The number of ether oxygens (including phenoxy) is 2. The van der Waals surface area contributed by atoms with Crippen molar-refractivity contribution in [3.63, 3.8) is 0 Å². The van der Waals surface area contributed by atoms with Gasteiger partial charge in [-0.3, -0.25) is 4.79 Å². The molecular formula is C16H24N2O6S. The molecule has 0 aliphatic carbocycles. The van der Waals surface area contributed by atoms with Crippen LogP contribution in [0.4, 0.5) is 0 Å². The molecule has 0 unspecified atom stereocenters. The first-order valence-electron chi connectivity index (χ1n) is 7.89.